The molecule has 0 heterocycles. The van der Waals surface area contributed by atoms with Crippen LogP contribution in [0.2, 0.25) is 0 Å². The minimum atomic E-state index is -0.511. The van der Waals surface area contributed by atoms with Crippen molar-refractivity contribution in [2.45, 2.75) is 25.6 Å². The molecule has 1 fully saturated rings. The molecule has 0 amide bonds. The molecule has 0 spiro atoms. The van der Waals surface area contributed by atoms with Gasteiger partial charge in [0.05, 0.1) is 0 Å². The summed E-state index contributed by atoms with van der Waals surface area (Å²) in [5.74, 6) is 0.154. The summed E-state index contributed by atoms with van der Waals surface area (Å²) >= 11 is 0. The normalized spacial score (nSPS) is 24.1. The van der Waals surface area contributed by atoms with Crippen molar-refractivity contribution in [3.05, 3.63) is 29.6 Å². The van der Waals surface area contributed by atoms with E-state index in [1.807, 2.05) is 6.92 Å². The first-order valence-corrected chi connectivity index (χ1v) is 5.10. The number of aryl methyl sites for hydroxylation is 1. The van der Waals surface area contributed by atoms with Gasteiger partial charge in [-0.25, -0.2) is 4.39 Å². The number of hydrogen-bond acceptors (Lipinski definition) is 3. The maximum atomic E-state index is 13.0. The standard InChI is InChI=1S/C12H13FO3/c1-7-3-4-8(13)5-10(7)16-11-6-9(14)12(11)15-2/h3-5,11-12H,6H2,1-2H3. The number of hydrogen-bond donors (Lipinski definition) is 0. The van der Waals surface area contributed by atoms with Gasteiger partial charge in [0, 0.05) is 19.6 Å². The molecule has 4 heteroatoms. The zero-order chi connectivity index (χ0) is 11.7. The van der Waals surface area contributed by atoms with Crippen molar-refractivity contribution in [2.24, 2.45) is 0 Å². The number of benzene rings is 1. The number of methoxy groups -OCH3 is 1. The molecule has 0 radical (unpaired) electrons. The monoisotopic (exact) mass is 224 g/mol. The lowest BCUT2D eigenvalue weighted by atomic mass is 9.90. The Hall–Kier alpha value is -1.42. The Kier molecular flexibility index (Phi) is 2.92. The van der Waals surface area contributed by atoms with Gasteiger partial charge in [0.25, 0.3) is 0 Å². The van der Waals surface area contributed by atoms with Gasteiger partial charge in [-0.15, -0.1) is 0 Å². The second kappa shape index (κ2) is 4.22. The van der Waals surface area contributed by atoms with Crippen LogP contribution in [-0.2, 0) is 9.53 Å². The molecular weight excluding hydrogens is 211 g/mol. The lowest BCUT2D eigenvalue weighted by Crippen LogP contribution is -2.51. The van der Waals surface area contributed by atoms with Gasteiger partial charge in [-0.1, -0.05) is 6.07 Å². The van der Waals surface area contributed by atoms with E-state index in [-0.39, 0.29) is 17.7 Å². The summed E-state index contributed by atoms with van der Waals surface area (Å²) in [6, 6.07) is 4.35. The van der Waals surface area contributed by atoms with E-state index in [2.05, 4.69) is 0 Å². The number of carbonyl (C=O) groups is 1. The van der Waals surface area contributed by atoms with Crippen LogP contribution < -0.4 is 4.74 Å². The van der Waals surface area contributed by atoms with Crippen LogP contribution in [0.4, 0.5) is 4.39 Å². The fourth-order valence-corrected chi connectivity index (χ4v) is 1.72. The molecule has 1 aromatic rings. The van der Waals surface area contributed by atoms with Crippen LogP contribution in [0, 0.1) is 12.7 Å². The summed E-state index contributed by atoms with van der Waals surface area (Å²) in [6.07, 6.45) is -0.477. The Morgan fingerprint density at radius 2 is 2.19 bits per heavy atom. The average Bonchev–Trinajstić information content (AvgIpc) is 2.23. The van der Waals surface area contributed by atoms with E-state index in [0.717, 1.165) is 5.56 Å². The van der Waals surface area contributed by atoms with E-state index in [9.17, 15) is 9.18 Å². The SMILES string of the molecule is COC1C(=O)CC1Oc1cc(F)ccc1C. The fourth-order valence-electron chi connectivity index (χ4n) is 1.72. The van der Waals surface area contributed by atoms with Crippen LogP contribution in [0.3, 0.4) is 0 Å². The molecule has 1 aliphatic rings. The van der Waals surface area contributed by atoms with Crippen molar-refractivity contribution in [1.82, 2.24) is 0 Å². The zero-order valence-electron chi connectivity index (χ0n) is 9.20. The first kappa shape index (κ1) is 11.1. The Morgan fingerprint density at radius 3 is 2.81 bits per heavy atom. The molecule has 2 unspecified atom stereocenters. The van der Waals surface area contributed by atoms with Crippen molar-refractivity contribution in [3.63, 3.8) is 0 Å². The predicted molar refractivity (Wildman–Crippen MR) is 56.0 cm³/mol. The van der Waals surface area contributed by atoms with Gasteiger partial charge < -0.3 is 9.47 Å². The summed E-state index contributed by atoms with van der Waals surface area (Å²) < 4.78 is 23.5. The molecule has 16 heavy (non-hydrogen) atoms. The number of carbonyl (C=O) groups excluding carboxylic acids is 1. The Morgan fingerprint density at radius 1 is 1.44 bits per heavy atom. The minimum Gasteiger partial charge on any atom is -0.486 e. The molecule has 0 bridgehead atoms. The summed E-state index contributed by atoms with van der Waals surface area (Å²) in [4.78, 5) is 11.1. The summed E-state index contributed by atoms with van der Waals surface area (Å²) in [5, 5.41) is 0. The third-order valence-electron chi connectivity index (χ3n) is 2.74. The highest BCUT2D eigenvalue weighted by atomic mass is 19.1. The highest BCUT2D eigenvalue weighted by molar-refractivity contribution is 5.90. The molecule has 1 aromatic carbocycles. The highest BCUT2D eigenvalue weighted by Gasteiger charge is 2.42. The average molecular weight is 224 g/mol. The van der Waals surface area contributed by atoms with Gasteiger partial charge in [-0.3, -0.25) is 4.79 Å². The molecule has 2 atom stereocenters. The van der Waals surface area contributed by atoms with Crippen LogP contribution in [0.1, 0.15) is 12.0 Å². The van der Waals surface area contributed by atoms with Gasteiger partial charge in [-0.2, -0.15) is 0 Å². The number of Topliss-reactive ketones (excluding diaryl/α,β-unsaturated/α-hetero) is 1. The maximum Gasteiger partial charge on any atom is 0.169 e. The summed E-state index contributed by atoms with van der Waals surface area (Å²) in [7, 11) is 1.47. The van der Waals surface area contributed by atoms with Gasteiger partial charge in [0.15, 0.2) is 11.9 Å². The molecule has 0 N–H and O–H groups in total. The second-order valence-electron chi connectivity index (χ2n) is 3.89. The highest BCUT2D eigenvalue weighted by Crippen LogP contribution is 2.27. The lowest BCUT2D eigenvalue weighted by molar-refractivity contribution is -0.151. The number of rotatable bonds is 3. The Labute approximate surface area is 93.2 Å². The molecule has 86 valence electrons. The smallest absolute Gasteiger partial charge is 0.169 e. The second-order valence-corrected chi connectivity index (χ2v) is 3.89. The van der Waals surface area contributed by atoms with Gasteiger partial charge in [0.1, 0.15) is 17.7 Å². The van der Waals surface area contributed by atoms with E-state index in [0.29, 0.717) is 12.2 Å². The maximum absolute atomic E-state index is 13.0. The largest absolute Gasteiger partial charge is 0.486 e. The van der Waals surface area contributed by atoms with Crippen molar-refractivity contribution >= 4 is 5.78 Å². The Balaban J connectivity index is 2.10. The molecular formula is C12H13FO3. The van der Waals surface area contributed by atoms with Gasteiger partial charge in [-0.05, 0) is 18.6 Å². The fraction of sp³-hybridized carbons (Fsp3) is 0.417. The first-order valence-electron chi connectivity index (χ1n) is 5.10. The van der Waals surface area contributed by atoms with Crippen molar-refractivity contribution in [2.75, 3.05) is 7.11 Å². The Bertz CT molecular complexity index is 417. The van der Waals surface area contributed by atoms with E-state index in [1.54, 1.807) is 6.07 Å². The summed E-state index contributed by atoms with van der Waals surface area (Å²) in [6.45, 7) is 1.83. The van der Waals surface area contributed by atoms with Crippen LogP contribution in [-0.4, -0.2) is 25.1 Å². The number of ether oxygens (including phenoxy) is 2. The van der Waals surface area contributed by atoms with E-state index < -0.39 is 6.10 Å². The summed E-state index contributed by atoms with van der Waals surface area (Å²) in [5.41, 5.74) is 0.843. The molecule has 0 aliphatic heterocycles. The minimum absolute atomic E-state index is 0.0292. The van der Waals surface area contributed by atoms with Gasteiger partial charge in [0.2, 0.25) is 0 Å². The van der Waals surface area contributed by atoms with Gasteiger partial charge >= 0.3 is 0 Å². The van der Waals surface area contributed by atoms with E-state index in [1.165, 1.54) is 19.2 Å². The number of ketones is 1. The molecule has 0 saturated heterocycles. The van der Waals surface area contributed by atoms with Crippen molar-refractivity contribution in [3.8, 4) is 5.75 Å². The lowest BCUT2D eigenvalue weighted by Gasteiger charge is -2.34. The topological polar surface area (TPSA) is 35.5 Å². The quantitative estimate of drug-likeness (QED) is 0.786. The first-order chi connectivity index (χ1) is 7.61. The van der Waals surface area contributed by atoms with Crippen LogP contribution >= 0.6 is 0 Å². The van der Waals surface area contributed by atoms with Crippen LogP contribution in [0.15, 0.2) is 18.2 Å². The molecule has 0 aromatic heterocycles. The van der Waals surface area contributed by atoms with Crippen LogP contribution in [0.25, 0.3) is 0 Å². The zero-order valence-corrected chi connectivity index (χ0v) is 9.20. The molecule has 2 rings (SSSR count). The van der Waals surface area contributed by atoms with Crippen molar-refractivity contribution < 1.29 is 18.7 Å². The molecule has 1 saturated carbocycles. The third kappa shape index (κ3) is 1.93. The van der Waals surface area contributed by atoms with E-state index >= 15 is 0 Å². The molecule has 3 nitrogen and oxygen atoms in total. The predicted octanol–water partition coefficient (Wildman–Crippen LogP) is 1.87. The van der Waals surface area contributed by atoms with Crippen LogP contribution in [0.5, 0.6) is 5.75 Å². The third-order valence-corrected chi connectivity index (χ3v) is 2.74. The number of halogens is 1. The van der Waals surface area contributed by atoms with E-state index in [4.69, 9.17) is 9.47 Å². The van der Waals surface area contributed by atoms with Crippen molar-refractivity contribution in [1.29, 1.82) is 0 Å². The molecule has 1 aliphatic carbocycles.